The molecule has 86 valence electrons. The van der Waals surface area contributed by atoms with Gasteiger partial charge >= 0.3 is 0 Å². The van der Waals surface area contributed by atoms with E-state index in [1.807, 2.05) is 6.92 Å². The molecule has 0 saturated carbocycles. The lowest BCUT2D eigenvalue weighted by Gasteiger charge is -2.16. The van der Waals surface area contributed by atoms with Crippen LogP contribution in [0, 0.1) is 0 Å². The molecule has 1 N–H and O–H groups in total. The van der Waals surface area contributed by atoms with Gasteiger partial charge in [0.25, 0.3) is 6.43 Å². The highest BCUT2D eigenvalue weighted by Gasteiger charge is 2.20. The number of alkyl halides is 2. The predicted octanol–water partition coefficient (Wildman–Crippen LogP) is 3.58. The molecule has 0 radical (unpaired) electrons. The van der Waals surface area contributed by atoms with Crippen molar-refractivity contribution < 1.29 is 8.78 Å². The topological polar surface area (TPSA) is 12.0 Å². The fourth-order valence-electron chi connectivity index (χ4n) is 1.26. The minimum Gasteiger partial charge on any atom is -0.309 e. The summed E-state index contributed by atoms with van der Waals surface area (Å²) in [5.41, 5.74) is 0. The largest absolute Gasteiger partial charge is 0.309 e. The molecule has 0 aliphatic heterocycles. The molecule has 1 heterocycles. The quantitative estimate of drug-likeness (QED) is 0.817. The molecule has 1 atom stereocenters. The Hall–Kier alpha value is -0.190. The lowest BCUT2D eigenvalue weighted by molar-refractivity contribution is 0.0986. The van der Waals surface area contributed by atoms with Crippen molar-refractivity contribution in [2.45, 2.75) is 32.2 Å². The van der Waals surface area contributed by atoms with Crippen LogP contribution in [-0.4, -0.2) is 19.0 Å². The monoisotopic (exact) mass is 253 g/mol. The molecule has 0 bridgehead atoms. The summed E-state index contributed by atoms with van der Waals surface area (Å²) in [4.78, 5) is 0.897. The normalized spacial score (nSPS) is 13.4. The summed E-state index contributed by atoms with van der Waals surface area (Å²) in [5.74, 6) is 0. The number of nitrogens with one attached hydrogen (secondary N) is 1. The first-order chi connectivity index (χ1) is 7.13. The van der Waals surface area contributed by atoms with Gasteiger partial charge in [-0.3, -0.25) is 0 Å². The zero-order valence-corrected chi connectivity index (χ0v) is 10.0. The fraction of sp³-hybridized carbons (Fsp3) is 0.600. The van der Waals surface area contributed by atoms with E-state index in [0.29, 0.717) is 17.3 Å². The van der Waals surface area contributed by atoms with Crippen LogP contribution in [0.15, 0.2) is 12.1 Å². The maximum absolute atomic E-state index is 12.6. The maximum Gasteiger partial charge on any atom is 0.254 e. The third-order valence-corrected chi connectivity index (χ3v) is 3.26. The zero-order valence-electron chi connectivity index (χ0n) is 8.47. The van der Waals surface area contributed by atoms with E-state index in [0.717, 1.165) is 11.3 Å². The summed E-state index contributed by atoms with van der Waals surface area (Å²) in [6, 6.07) is 2.78. The first-order valence-electron chi connectivity index (χ1n) is 4.89. The predicted molar refractivity (Wildman–Crippen MR) is 61.1 cm³/mol. The van der Waals surface area contributed by atoms with Gasteiger partial charge < -0.3 is 5.32 Å². The van der Waals surface area contributed by atoms with Gasteiger partial charge in [0.05, 0.1) is 10.4 Å². The highest BCUT2D eigenvalue weighted by Crippen LogP contribution is 2.23. The molecule has 0 saturated heterocycles. The Balaban J connectivity index is 2.50. The average molecular weight is 254 g/mol. The molecule has 1 unspecified atom stereocenters. The van der Waals surface area contributed by atoms with E-state index in [1.54, 1.807) is 12.1 Å². The minimum atomic E-state index is -2.34. The van der Waals surface area contributed by atoms with Crippen LogP contribution in [-0.2, 0) is 6.42 Å². The van der Waals surface area contributed by atoms with Crippen LogP contribution in [0.5, 0.6) is 0 Å². The van der Waals surface area contributed by atoms with E-state index in [1.165, 1.54) is 11.3 Å². The summed E-state index contributed by atoms with van der Waals surface area (Å²) in [7, 11) is 0. The van der Waals surface area contributed by atoms with Gasteiger partial charge in [-0.2, -0.15) is 0 Å². The number of hydrogen-bond acceptors (Lipinski definition) is 2. The first kappa shape index (κ1) is 12.9. The van der Waals surface area contributed by atoms with Gasteiger partial charge in [-0.25, -0.2) is 8.78 Å². The van der Waals surface area contributed by atoms with Crippen molar-refractivity contribution in [2.75, 3.05) is 6.54 Å². The third kappa shape index (κ3) is 4.45. The number of thiophene rings is 1. The molecule has 1 nitrogen and oxygen atoms in total. The molecule has 1 aromatic rings. The molecule has 0 aliphatic rings. The van der Waals surface area contributed by atoms with Crippen molar-refractivity contribution in [3.8, 4) is 0 Å². The Bertz CT molecular complexity index is 291. The van der Waals surface area contributed by atoms with E-state index >= 15 is 0 Å². The van der Waals surface area contributed by atoms with Gasteiger partial charge in [-0.15, -0.1) is 11.3 Å². The van der Waals surface area contributed by atoms with E-state index in [9.17, 15) is 8.78 Å². The smallest absolute Gasteiger partial charge is 0.254 e. The Morgan fingerprint density at radius 2 is 2.20 bits per heavy atom. The van der Waals surface area contributed by atoms with Crippen molar-refractivity contribution in [1.29, 1.82) is 0 Å². The third-order valence-electron chi connectivity index (χ3n) is 2.01. The van der Waals surface area contributed by atoms with Gasteiger partial charge in [0.2, 0.25) is 0 Å². The molecule has 0 fully saturated rings. The second-order valence-corrected chi connectivity index (χ2v) is 5.10. The summed E-state index contributed by atoms with van der Waals surface area (Å²) in [5, 5.41) is 2.84. The lowest BCUT2D eigenvalue weighted by Crippen LogP contribution is -2.37. The molecule has 15 heavy (non-hydrogen) atoms. The molecule has 0 spiro atoms. The fourth-order valence-corrected chi connectivity index (χ4v) is 2.40. The molecule has 0 aromatic carbocycles. The summed E-state index contributed by atoms with van der Waals surface area (Å²) < 4.78 is 25.9. The Kier molecular flexibility index (Phi) is 5.50. The molecular formula is C10H14ClF2NS. The highest BCUT2D eigenvalue weighted by atomic mass is 35.5. The van der Waals surface area contributed by atoms with E-state index in [2.05, 4.69) is 5.32 Å². The SMILES string of the molecule is CCCNC(Cc1ccc(Cl)s1)C(F)F. The summed E-state index contributed by atoms with van der Waals surface area (Å²) in [6.07, 6.45) is -1.14. The van der Waals surface area contributed by atoms with Gasteiger partial charge in [-0.05, 0) is 25.1 Å². The van der Waals surface area contributed by atoms with Crippen LogP contribution >= 0.6 is 22.9 Å². The molecule has 0 aliphatic carbocycles. The van der Waals surface area contributed by atoms with Crippen LogP contribution in [0.1, 0.15) is 18.2 Å². The van der Waals surface area contributed by atoms with Gasteiger partial charge in [0.15, 0.2) is 0 Å². The van der Waals surface area contributed by atoms with E-state index in [4.69, 9.17) is 11.6 Å². The van der Waals surface area contributed by atoms with Crippen LogP contribution in [0.4, 0.5) is 8.78 Å². The van der Waals surface area contributed by atoms with Crippen molar-refractivity contribution in [1.82, 2.24) is 5.32 Å². The second-order valence-electron chi connectivity index (χ2n) is 3.31. The Morgan fingerprint density at radius 1 is 1.47 bits per heavy atom. The Morgan fingerprint density at radius 3 is 2.67 bits per heavy atom. The van der Waals surface area contributed by atoms with E-state index in [-0.39, 0.29) is 0 Å². The summed E-state index contributed by atoms with van der Waals surface area (Å²) >= 11 is 7.10. The molecule has 1 aromatic heterocycles. The number of halogens is 3. The molecule has 1 rings (SSSR count). The number of rotatable bonds is 6. The highest BCUT2D eigenvalue weighted by molar-refractivity contribution is 7.16. The van der Waals surface area contributed by atoms with Crippen molar-refractivity contribution in [3.05, 3.63) is 21.3 Å². The van der Waals surface area contributed by atoms with Crippen molar-refractivity contribution >= 4 is 22.9 Å². The number of hydrogen-bond donors (Lipinski definition) is 1. The lowest BCUT2D eigenvalue weighted by atomic mass is 10.2. The van der Waals surface area contributed by atoms with Gasteiger partial charge in [-0.1, -0.05) is 18.5 Å². The van der Waals surface area contributed by atoms with Crippen LogP contribution in [0.25, 0.3) is 0 Å². The van der Waals surface area contributed by atoms with Gasteiger partial charge in [0, 0.05) is 11.3 Å². The second kappa shape index (κ2) is 6.40. The first-order valence-corrected chi connectivity index (χ1v) is 6.08. The van der Waals surface area contributed by atoms with Crippen molar-refractivity contribution in [3.63, 3.8) is 0 Å². The molecular weight excluding hydrogens is 240 g/mol. The van der Waals surface area contributed by atoms with Crippen LogP contribution < -0.4 is 5.32 Å². The Labute approximate surface area is 97.4 Å². The van der Waals surface area contributed by atoms with Gasteiger partial charge in [0.1, 0.15) is 0 Å². The zero-order chi connectivity index (χ0) is 11.3. The average Bonchev–Trinajstić information content (AvgIpc) is 2.58. The molecule has 5 heteroatoms. The standard InChI is InChI=1S/C10H14ClF2NS/c1-2-5-14-8(10(12)13)6-7-3-4-9(11)15-7/h3-4,8,10,14H,2,5-6H2,1H3. The summed E-state index contributed by atoms with van der Waals surface area (Å²) in [6.45, 7) is 2.58. The minimum absolute atomic E-state index is 0.342. The van der Waals surface area contributed by atoms with Crippen LogP contribution in [0.3, 0.4) is 0 Å². The van der Waals surface area contributed by atoms with E-state index < -0.39 is 12.5 Å². The van der Waals surface area contributed by atoms with Crippen LogP contribution in [0.2, 0.25) is 4.34 Å². The maximum atomic E-state index is 12.6. The van der Waals surface area contributed by atoms with Crippen molar-refractivity contribution in [2.24, 2.45) is 0 Å². The molecule has 0 amide bonds.